The molecule has 2 heterocycles. The number of rotatable bonds is 3. The minimum Gasteiger partial charge on any atom is -0.350 e. The zero-order valence-electron chi connectivity index (χ0n) is 13.6. The second kappa shape index (κ2) is 6.73. The predicted octanol–water partition coefficient (Wildman–Crippen LogP) is 4.97. The van der Waals surface area contributed by atoms with Crippen molar-refractivity contribution in [1.29, 1.82) is 0 Å². The third-order valence-corrected chi connectivity index (χ3v) is 4.81. The second-order valence-electron chi connectivity index (χ2n) is 6.15. The number of halogens is 1. The Labute approximate surface area is 151 Å². The zero-order valence-corrected chi connectivity index (χ0v) is 14.3. The average molecular weight is 353 g/mol. The summed E-state index contributed by atoms with van der Waals surface area (Å²) in [7, 11) is 0. The van der Waals surface area contributed by atoms with Crippen LogP contribution in [0.2, 0.25) is 5.02 Å². The molecule has 1 aliphatic heterocycles. The lowest BCUT2D eigenvalue weighted by Gasteiger charge is -2.24. The minimum atomic E-state index is -0.118. The Bertz CT molecular complexity index is 874. The van der Waals surface area contributed by atoms with E-state index in [9.17, 15) is 4.79 Å². The Kier molecular flexibility index (Phi) is 4.28. The molecule has 1 amide bonds. The summed E-state index contributed by atoms with van der Waals surface area (Å²) in [5.41, 5.74) is 2.70. The minimum absolute atomic E-state index is 0.0510. The summed E-state index contributed by atoms with van der Waals surface area (Å²) in [6, 6.07) is 19.1. The lowest BCUT2D eigenvalue weighted by atomic mass is 10.0. The molecule has 3 aromatic rings. The van der Waals surface area contributed by atoms with Gasteiger partial charge in [-0.2, -0.15) is 0 Å². The highest BCUT2D eigenvalue weighted by Crippen LogP contribution is 2.34. The van der Waals surface area contributed by atoms with Crippen LogP contribution in [0.25, 0.3) is 11.3 Å². The van der Waals surface area contributed by atoms with Crippen LogP contribution >= 0.6 is 11.6 Å². The first-order chi connectivity index (χ1) is 12.2. The van der Waals surface area contributed by atoms with Gasteiger partial charge < -0.3 is 9.42 Å². The number of benzene rings is 2. The van der Waals surface area contributed by atoms with Gasteiger partial charge in [0.1, 0.15) is 5.69 Å². The third kappa shape index (κ3) is 3.17. The predicted molar refractivity (Wildman–Crippen MR) is 96.4 cm³/mol. The Morgan fingerprint density at radius 3 is 2.64 bits per heavy atom. The SMILES string of the molecule is O=C(c1cc(-c2ccccc2)no1)N1CCC[C@@H]1c1ccc(Cl)cc1. The van der Waals surface area contributed by atoms with Crippen molar-refractivity contribution < 1.29 is 9.32 Å². The quantitative estimate of drug-likeness (QED) is 0.668. The maximum atomic E-state index is 12.9. The smallest absolute Gasteiger partial charge is 0.292 e. The summed E-state index contributed by atoms with van der Waals surface area (Å²) in [5.74, 6) is 0.159. The molecule has 1 saturated heterocycles. The van der Waals surface area contributed by atoms with Gasteiger partial charge in [-0.25, -0.2) is 0 Å². The van der Waals surface area contributed by atoms with E-state index in [0.717, 1.165) is 24.0 Å². The Hall–Kier alpha value is -2.59. The maximum absolute atomic E-state index is 12.9. The largest absolute Gasteiger partial charge is 0.350 e. The van der Waals surface area contributed by atoms with E-state index in [2.05, 4.69) is 5.16 Å². The monoisotopic (exact) mass is 352 g/mol. The molecule has 25 heavy (non-hydrogen) atoms. The molecule has 126 valence electrons. The van der Waals surface area contributed by atoms with Gasteiger partial charge in [0.25, 0.3) is 5.91 Å². The first-order valence-electron chi connectivity index (χ1n) is 8.31. The Balaban J connectivity index is 1.58. The van der Waals surface area contributed by atoms with Crippen LogP contribution in [0.1, 0.15) is 35.0 Å². The second-order valence-corrected chi connectivity index (χ2v) is 6.59. The van der Waals surface area contributed by atoms with Crippen LogP contribution in [-0.4, -0.2) is 22.5 Å². The van der Waals surface area contributed by atoms with Gasteiger partial charge in [0, 0.05) is 23.2 Å². The fourth-order valence-corrected chi connectivity index (χ4v) is 3.43. The molecule has 0 saturated carbocycles. The van der Waals surface area contributed by atoms with Crippen LogP contribution in [0.15, 0.2) is 65.2 Å². The van der Waals surface area contributed by atoms with Crippen molar-refractivity contribution in [2.45, 2.75) is 18.9 Å². The first-order valence-corrected chi connectivity index (χ1v) is 8.69. The van der Waals surface area contributed by atoms with Crippen LogP contribution in [0.3, 0.4) is 0 Å². The fourth-order valence-electron chi connectivity index (χ4n) is 3.30. The van der Waals surface area contributed by atoms with Crippen LogP contribution in [0, 0.1) is 0 Å². The van der Waals surface area contributed by atoms with E-state index in [0.29, 0.717) is 17.3 Å². The summed E-state index contributed by atoms with van der Waals surface area (Å²) in [6.07, 6.45) is 1.91. The molecule has 1 aromatic heterocycles. The molecule has 4 nitrogen and oxygen atoms in total. The highest BCUT2D eigenvalue weighted by molar-refractivity contribution is 6.30. The molecule has 4 rings (SSSR count). The standard InChI is InChI=1S/C20H17ClN2O2/c21-16-10-8-15(9-11-16)18-7-4-12-23(18)20(24)19-13-17(22-25-19)14-5-2-1-3-6-14/h1-3,5-6,8-11,13,18H,4,7,12H2/t18-/m1/s1. The summed E-state index contributed by atoms with van der Waals surface area (Å²) in [4.78, 5) is 14.8. The van der Waals surface area contributed by atoms with E-state index in [1.807, 2.05) is 59.5 Å². The van der Waals surface area contributed by atoms with E-state index in [4.69, 9.17) is 16.1 Å². The van der Waals surface area contributed by atoms with Gasteiger partial charge in [0.05, 0.1) is 6.04 Å². The molecule has 0 spiro atoms. The van der Waals surface area contributed by atoms with E-state index in [-0.39, 0.29) is 17.7 Å². The number of carbonyl (C=O) groups is 1. The van der Waals surface area contributed by atoms with Gasteiger partial charge in [0.15, 0.2) is 0 Å². The number of aromatic nitrogens is 1. The number of likely N-dealkylation sites (tertiary alicyclic amines) is 1. The highest BCUT2D eigenvalue weighted by atomic mass is 35.5. The van der Waals surface area contributed by atoms with Crippen LogP contribution in [-0.2, 0) is 0 Å². The van der Waals surface area contributed by atoms with Gasteiger partial charge in [-0.15, -0.1) is 0 Å². The Morgan fingerprint density at radius 1 is 1.12 bits per heavy atom. The van der Waals surface area contributed by atoms with Crippen molar-refractivity contribution in [3.63, 3.8) is 0 Å². The van der Waals surface area contributed by atoms with Gasteiger partial charge >= 0.3 is 0 Å². The topological polar surface area (TPSA) is 46.3 Å². The van der Waals surface area contributed by atoms with E-state index in [1.165, 1.54) is 0 Å². The zero-order chi connectivity index (χ0) is 17.2. The van der Waals surface area contributed by atoms with Crippen LogP contribution in [0.4, 0.5) is 0 Å². The van der Waals surface area contributed by atoms with Crippen molar-refractivity contribution in [3.8, 4) is 11.3 Å². The summed E-state index contributed by atoms with van der Waals surface area (Å²) in [6.45, 7) is 0.716. The molecular weight excluding hydrogens is 336 g/mol. The molecule has 0 bridgehead atoms. The van der Waals surface area contributed by atoms with E-state index < -0.39 is 0 Å². The third-order valence-electron chi connectivity index (χ3n) is 4.56. The van der Waals surface area contributed by atoms with Gasteiger partial charge in [0.2, 0.25) is 5.76 Å². The maximum Gasteiger partial charge on any atom is 0.292 e. The molecule has 1 fully saturated rings. The lowest BCUT2D eigenvalue weighted by Crippen LogP contribution is -2.30. The van der Waals surface area contributed by atoms with Crippen molar-refractivity contribution in [1.82, 2.24) is 10.1 Å². The molecule has 0 aliphatic carbocycles. The molecule has 1 aliphatic rings. The van der Waals surface area contributed by atoms with Gasteiger partial charge in [-0.05, 0) is 30.5 Å². The molecule has 5 heteroatoms. The summed E-state index contributed by atoms with van der Waals surface area (Å²) in [5, 5.41) is 4.74. The molecule has 1 atom stereocenters. The van der Waals surface area contributed by atoms with Crippen molar-refractivity contribution in [2.24, 2.45) is 0 Å². The first kappa shape index (κ1) is 15.9. The number of carbonyl (C=O) groups excluding carboxylic acids is 1. The number of amides is 1. The normalized spacial score (nSPS) is 17.0. The van der Waals surface area contributed by atoms with Gasteiger partial charge in [-0.1, -0.05) is 59.2 Å². The van der Waals surface area contributed by atoms with E-state index in [1.54, 1.807) is 6.07 Å². The number of hydrogen-bond acceptors (Lipinski definition) is 3. The molecule has 0 unspecified atom stereocenters. The lowest BCUT2D eigenvalue weighted by molar-refractivity contribution is 0.0693. The Morgan fingerprint density at radius 2 is 1.88 bits per heavy atom. The number of hydrogen-bond donors (Lipinski definition) is 0. The average Bonchev–Trinajstić information content (AvgIpc) is 3.32. The molecular formula is C20H17ClN2O2. The fraction of sp³-hybridized carbons (Fsp3) is 0.200. The number of nitrogens with zero attached hydrogens (tertiary/aromatic N) is 2. The molecule has 0 N–H and O–H groups in total. The van der Waals surface area contributed by atoms with Crippen molar-refractivity contribution >= 4 is 17.5 Å². The van der Waals surface area contributed by atoms with Crippen LogP contribution in [0.5, 0.6) is 0 Å². The highest BCUT2D eigenvalue weighted by Gasteiger charge is 2.32. The molecule has 2 aromatic carbocycles. The van der Waals surface area contributed by atoms with Gasteiger partial charge in [-0.3, -0.25) is 4.79 Å². The summed E-state index contributed by atoms with van der Waals surface area (Å²) < 4.78 is 5.33. The summed E-state index contributed by atoms with van der Waals surface area (Å²) >= 11 is 5.97. The van der Waals surface area contributed by atoms with Crippen LogP contribution < -0.4 is 0 Å². The molecule has 0 radical (unpaired) electrons. The van der Waals surface area contributed by atoms with Crippen molar-refractivity contribution in [3.05, 3.63) is 77.0 Å². The van der Waals surface area contributed by atoms with E-state index >= 15 is 0 Å². The van der Waals surface area contributed by atoms with Crippen molar-refractivity contribution in [2.75, 3.05) is 6.54 Å².